The molecule has 1 fully saturated rings. The summed E-state index contributed by atoms with van der Waals surface area (Å²) in [6.45, 7) is 7.17. The first kappa shape index (κ1) is 13.9. The number of benzene rings is 1. The van der Waals surface area contributed by atoms with Gasteiger partial charge in [0.2, 0.25) is 5.91 Å². The Morgan fingerprint density at radius 1 is 1.53 bits per heavy atom. The molecule has 2 atom stereocenters. The molecule has 3 N–H and O–H groups in total. The lowest BCUT2D eigenvalue weighted by atomic mass is 9.64. The van der Waals surface area contributed by atoms with E-state index in [1.807, 2.05) is 19.1 Å². The minimum absolute atomic E-state index is 0.0960. The number of hydrogen-bond donors (Lipinski definition) is 2. The van der Waals surface area contributed by atoms with Gasteiger partial charge in [0.25, 0.3) is 0 Å². The van der Waals surface area contributed by atoms with Crippen molar-refractivity contribution in [2.24, 2.45) is 11.1 Å². The van der Waals surface area contributed by atoms with Crippen molar-refractivity contribution < 1.29 is 9.53 Å². The zero-order chi connectivity index (χ0) is 14.0. The molecule has 4 nitrogen and oxygen atoms in total. The molecule has 0 aromatic heterocycles. The van der Waals surface area contributed by atoms with Crippen LogP contribution in [0.3, 0.4) is 0 Å². The molecule has 0 radical (unpaired) electrons. The molecule has 1 aliphatic carbocycles. The summed E-state index contributed by atoms with van der Waals surface area (Å²) in [4.78, 5) is 11.2. The molecule has 1 saturated carbocycles. The van der Waals surface area contributed by atoms with Gasteiger partial charge in [0.05, 0.1) is 6.10 Å². The van der Waals surface area contributed by atoms with E-state index in [-0.39, 0.29) is 5.41 Å². The van der Waals surface area contributed by atoms with E-state index in [0.29, 0.717) is 17.7 Å². The lowest BCUT2D eigenvalue weighted by molar-refractivity contribution is -0.0975. The summed E-state index contributed by atoms with van der Waals surface area (Å²) in [6, 6.07) is 7.67. The van der Waals surface area contributed by atoms with Crippen molar-refractivity contribution in [1.29, 1.82) is 0 Å². The van der Waals surface area contributed by atoms with Gasteiger partial charge in [-0.2, -0.15) is 0 Å². The van der Waals surface area contributed by atoms with Gasteiger partial charge in [0, 0.05) is 29.3 Å². The van der Waals surface area contributed by atoms with Gasteiger partial charge in [-0.25, -0.2) is 0 Å². The van der Waals surface area contributed by atoms with Crippen molar-refractivity contribution >= 4 is 11.6 Å². The van der Waals surface area contributed by atoms with Crippen LogP contribution in [0.25, 0.3) is 0 Å². The van der Waals surface area contributed by atoms with E-state index in [1.54, 1.807) is 12.1 Å². The monoisotopic (exact) mass is 262 g/mol. The standard InChI is InChI=1S/C15H22N2O2/c1-4-19-13-9-12(15(13,2)3)17-11-7-5-6-10(8-11)14(16)18/h5-8,12-13,17H,4,9H2,1-3H3,(H2,16,18). The molecule has 104 valence electrons. The van der Waals surface area contributed by atoms with Crippen LogP contribution in [0, 0.1) is 5.41 Å². The molecule has 19 heavy (non-hydrogen) atoms. The maximum atomic E-state index is 11.2. The molecule has 0 heterocycles. The van der Waals surface area contributed by atoms with Gasteiger partial charge < -0.3 is 15.8 Å². The van der Waals surface area contributed by atoms with Crippen LogP contribution in [0.1, 0.15) is 37.6 Å². The number of hydrogen-bond acceptors (Lipinski definition) is 3. The third-order valence-corrected chi connectivity index (χ3v) is 4.03. The van der Waals surface area contributed by atoms with Crippen molar-refractivity contribution in [2.45, 2.75) is 39.3 Å². The average molecular weight is 262 g/mol. The van der Waals surface area contributed by atoms with Crippen LogP contribution in [0.5, 0.6) is 0 Å². The van der Waals surface area contributed by atoms with Crippen LogP contribution < -0.4 is 11.1 Å². The third kappa shape index (κ3) is 2.73. The lowest BCUT2D eigenvalue weighted by Crippen LogP contribution is -2.58. The van der Waals surface area contributed by atoms with Crippen LogP contribution in [-0.2, 0) is 4.74 Å². The fourth-order valence-electron chi connectivity index (χ4n) is 2.58. The molecule has 1 amide bonds. The van der Waals surface area contributed by atoms with E-state index in [1.165, 1.54) is 0 Å². The second-order valence-corrected chi connectivity index (χ2v) is 5.64. The van der Waals surface area contributed by atoms with Gasteiger partial charge in [-0.05, 0) is 31.5 Å². The quantitative estimate of drug-likeness (QED) is 0.856. The molecule has 0 spiro atoms. The number of primary amides is 1. The molecule has 1 aromatic carbocycles. The number of amides is 1. The predicted molar refractivity (Wildman–Crippen MR) is 76.2 cm³/mol. The summed E-state index contributed by atoms with van der Waals surface area (Å²) in [5.41, 5.74) is 6.85. The highest BCUT2D eigenvalue weighted by Crippen LogP contribution is 2.44. The number of carbonyl (C=O) groups excluding carboxylic acids is 1. The number of anilines is 1. The molecule has 1 aromatic rings. The molecule has 2 rings (SSSR count). The maximum Gasteiger partial charge on any atom is 0.248 e. The van der Waals surface area contributed by atoms with E-state index in [9.17, 15) is 4.79 Å². The third-order valence-electron chi connectivity index (χ3n) is 4.03. The number of nitrogens with two attached hydrogens (primary N) is 1. The molecule has 0 aliphatic heterocycles. The van der Waals surface area contributed by atoms with Crippen molar-refractivity contribution in [1.82, 2.24) is 0 Å². The largest absolute Gasteiger partial charge is 0.382 e. The van der Waals surface area contributed by atoms with Gasteiger partial charge in [-0.1, -0.05) is 19.9 Å². The Balaban J connectivity index is 2.03. The van der Waals surface area contributed by atoms with Crippen LogP contribution >= 0.6 is 0 Å². The van der Waals surface area contributed by atoms with Crippen molar-refractivity contribution in [3.05, 3.63) is 29.8 Å². The molecule has 4 heteroatoms. The number of rotatable bonds is 5. The van der Waals surface area contributed by atoms with Gasteiger partial charge in [0.1, 0.15) is 0 Å². The normalized spacial score (nSPS) is 24.6. The second-order valence-electron chi connectivity index (χ2n) is 5.64. The molecular formula is C15H22N2O2. The molecular weight excluding hydrogens is 240 g/mol. The highest BCUT2D eigenvalue weighted by molar-refractivity contribution is 5.93. The Kier molecular flexibility index (Phi) is 3.80. The van der Waals surface area contributed by atoms with E-state index >= 15 is 0 Å². The Morgan fingerprint density at radius 2 is 2.26 bits per heavy atom. The summed E-state index contributed by atoms with van der Waals surface area (Å²) < 4.78 is 5.71. The van der Waals surface area contributed by atoms with Crippen LogP contribution in [0.4, 0.5) is 5.69 Å². The highest BCUT2D eigenvalue weighted by Gasteiger charge is 2.48. The van der Waals surface area contributed by atoms with Gasteiger partial charge in [0.15, 0.2) is 0 Å². The first-order chi connectivity index (χ1) is 8.95. The Bertz CT molecular complexity index is 471. The van der Waals surface area contributed by atoms with Crippen molar-refractivity contribution in [3.63, 3.8) is 0 Å². The van der Waals surface area contributed by atoms with Crippen LogP contribution in [-0.4, -0.2) is 24.7 Å². The van der Waals surface area contributed by atoms with E-state index < -0.39 is 5.91 Å². The molecule has 1 aliphatic rings. The fourth-order valence-corrected chi connectivity index (χ4v) is 2.58. The van der Waals surface area contributed by atoms with E-state index in [4.69, 9.17) is 10.5 Å². The number of nitrogens with one attached hydrogen (secondary N) is 1. The minimum Gasteiger partial charge on any atom is -0.382 e. The van der Waals surface area contributed by atoms with Crippen molar-refractivity contribution in [2.75, 3.05) is 11.9 Å². The summed E-state index contributed by atoms with van der Waals surface area (Å²) in [5.74, 6) is -0.399. The maximum absolute atomic E-state index is 11.2. The smallest absolute Gasteiger partial charge is 0.248 e. The van der Waals surface area contributed by atoms with E-state index in [0.717, 1.165) is 18.7 Å². The zero-order valence-electron chi connectivity index (χ0n) is 11.8. The summed E-state index contributed by atoms with van der Waals surface area (Å²) in [7, 11) is 0. The van der Waals surface area contributed by atoms with Gasteiger partial charge in [-0.15, -0.1) is 0 Å². The Labute approximate surface area is 114 Å². The predicted octanol–water partition coefficient (Wildman–Crippen LogP) is 2.40. The zero-order valence-corrected chi connectivity index (χ0v) is 11.8. The number of carbonyl (C=O) groups is 1. The Hall–Kier alpha value is -1.55. The molecule has 0 bridgehead atoms. The van der Waals surface area contributed by atoms with Crippen LogP contribution in [0.15, 0.2) is 24.3 Å². The van der Waals surface area contributed by atoms with Gasteiger partial charge in [-0.3, -0.25) is 4.79 Å². The number of ether oxygens (including phenoxy) is 1. The fraction of sp³-hybridized carbons (Fsp3) is 0.533. The second kappa shape index (κ2) is 5.21. The highest BCUT2D eigenvalue weighted by atomic mass is 16.5. The van der Waals surface area contributed by atoms with Crippen molar-refractivity contribution in [3.8, 4) is 0 Å². The Morgan fingerprint density at radius 3 is 2.84 bits per heavy atom. The SMILES string of the molecule is CCOC1CC(Nc2cccc(C(N)=O)c2)C1(C)C. The lowest BCUT2D eigenvalue weighted by Gasteiger charge is -2.52. The summed E-state index contributed by atoms with van der Waals surface area (Å²) >= 11 is 0. The minimum atomic E-state index is -0.399. The van der Waals surface area contributed by atoms with Crippen LogP contribution in [0.2, 0.25) is 0 Å². The molecule has 0 saturated heterocycles. The van der Waals surface area contributed by atoms with Gasteiger partial charge >= 0.3 is 0 Å². The summed E-state index contributed by atoms with van der Waals surface area (Å²) in [5, 5.41) is 3.46. The van der Waals surface area contributed by atoms with E-state index in [2.05, 4.69) is 19.2 Å². The topological polar surface area (TPSA) is 64.3 Å². The first-order valence-corrected chi connectivity index (χ1v) is 6.73. The molecule has 2 unspecified atom stereocenters. The summed E-state index contributed by atoms with van der Waals surface area (Å²) in [6.07, 6.45) is 1.29. The first-order valence-electron chi connectivity index (χ1n) is 6.73. The average Bonchev–Trinajstić information content (AvgIpc) is 2.38.